The fourth-order valence-electron chi connectivity index (χ4n) is 4.54. The summed E-state index contributed by atoms with van der Waals surface area (Å²) in [6.45, 7) is 2.04. The number of halogens is 1. The number of carbonyl (C=O) groups excluding carboxylic acids is 1. The molecule has 3 aromatic rings. The molecule has 150 valence electrons. The second-order valence-electron chi connectivity index (χ2n) is 7.72. The fourth-order valence-corrected chi connectivity index (χ4v) is 4.54. The molecule has 0 bridgehead atoms. The van der Waals surface area contributed by atoms with Crippen LogP contribution >= 0.6 is 0 Å². The molecule has 9 heteroatoms. The summed E-state index contributed by atoms with van der Waals surface area (Å²) in [4.78, 5) is 29.4. The molecule has 2 atom stereocenters. The highest BCUT2D eigenvalue weighted by molar-refractivity contribution is 5.82. The van der Waals surface area contributed by atoms with Crippen molar-refractivity contribution in [2.45, 2.75) is 31.7 Å². The van der Waals surface area contributed by atoms with Crippen molar-refractivity contribution >= 4 is 17.5 Å². The number of carbonyl (C=O) groups is 1. The molecule has 5 rings (SSSR count). The van der Waals surface area contributed by atoms with Gasteiger partial charge in [-0.05, 0) is 37.3 Å². The van der Waals surface area contributed by atoms with Gasteiger partial charge in [0.05, 0.1) is 18.4 Å². The molecule has 0 spiro atoms. The van der Waals surface area contributed by atoms with Gasteiger partial charge in [-0.25, -0.2) is 23.9 Å². The maximum absolute atomic E-state index is 13.1. The van der Waals surface area contributed by atoms with Gasteiger partial charge >= 0.3 is 0 Å². The Kier molecular flexibility index (Phi) is 4.57. The zero-order valence-electron chi connectivity index (χ0n) is 16.0. The molecule has 29 heavy (non-hydrogen) atoms. The number of pyridine rings is 1. The molecule has 2 aliphatic rings. The van der Waals surface area contributed by atoms with Crippen LogP contribution in [0.2, 0.25) is 0 Å². The smallest absolute Gasteiger partial charge is 0.226 e. The van der Waals surface area contributed by atoms with Gasteiger partial charge in [0.15, 0.2) is 11.5 Å². The number of hydrogen-bond donors (Lipinski definition) is 0. The van der Waals surface area contributed by atoms with Gasteiger partial charge in [-0.15, -0.1) is 0 Å². The lowest BCUT2D eigenvalue weighted by atomic mass is 9.96. The van der Waals surface area contributed by atoms with Crippen molar-refractivity contribution < 1.29 is 9.18 Å². The lowest BCUT2D eigenvalue weighted by Gasteiger charge is -2.37. The SMILES string of the molecule is O=C1[C@@H](CCCc2cccn3ncnc23)C[C@H]2CN(c3ncc(F)cn3)CCN12. The summed E-state index contributed by atoms with van der Waals surface area (Å²) in [7, 11) is 0. The minimum Gasteiger partial charge on any atom is -0.337 e. The van der Waals surface area contributed by atoms with E-state index in [0.29, 0.717) is 25.6 Å². The Bertz CT molecular complexity index is 1020. The van der Waals surface area contributed by atoms with Crippen LogP contribution < -0.4 is 4.90 Å². The number of anilines is 1. The van der Waals surface area contributed by atoms with Crippen molar-refractivity contribution in [3.8, 4) is 0 Å². The number of aromatic nitrogens is 5. The normalized spacial score (nSPS) is 21.8. The van der Waals surface area contributed by atoms with E-state index in [-0.39, 0.29) is 17.9 Å². The van der Waals surface area contributed by atoms with Crippen molar-refractivity contribution in [1.29, 1.82) is 0 Å². The third-order valence-electron chi connectivity index (χ3n) is 5.94. The molecule has 5 heterocycles. The predicted molar refractivity (Wildman–Crippen MR) is 104 cm³/mol. The number of hydrogen-bond acceptors (Lipinski definition) is 6. The van der Waals surface area contributed by atoms with E-state index in [0.717, 1.165) is 36.9 Å². The average Bonchev–Trinajstić information content (AvgIpc) is 3.34. The van der Waals surface area contributed by atoms with Crippen molar-refractivity contribution in [2.24, 2.45) is 5.92 Å². The second kappa shape index (κ2) is 7.38. The van der Waals surface area contributed by atoms with Crippen LogP contribution in [0, 0.1) is 11.7 Å². The minimum absolute atomic E-state index is 0.0617. The first-order valence-electron chi connectivity index (χ1n) is 9.99. The first-order chi connectivity index (χ1) is 14.2. The molecule has 0 radical (unpaired) electrons. The number of nitrogens with zero attached hydrogens (tertiary/aromatic N) is 7. The van der Waals surface area contributed by atoms with Crippen LogP contribution in [-0.4, -0.2) is 61.0 Å². The number of rotatable bonds is 5. The van der Waals surface area contributed by atoms with Crippen molar-refractivity contribution in [3.63, 3.8) is 0 Å². The van der Waals surface area contributed by atoms with Gasteiger partial charge in [0.25, 0.3) is 0 Å². The molecule has 0 unspecified atom stereocenters. The minimum atomic E-state index is -0.440. The second-order valence-corrected chi connectivity index (χ2v) is 7.72. The summed E-state index contributed by atoms with van der Waals surface area (Å²) in [6.07, 6.45) is 9.37. The summed E-state index contributed by atoms with van der Waals surface area (Å²) in [6, 6.07) is 4.23. The Balaban J connectivity index is 1.19. The molecule has 0 aliphatic carbocycles. The average molecular weight is 395 g/mol. The monoisotopic (exact) mass is 395 g/mol. The molecule has 2 aliphatic heterocycles. The van der Waals surface area contributed by atoms with Crippen LogP contribution in [0.5, 0.6) is 0 Å². The number of fused-ring (bicyclic) bond motifs is 2. The van der Waals surface area contributed by atoms with Crippen molar-refractivity contribution in [3.05, 3.63) is 48.4 Å². The summed E-state index contributed by atoms with van der Waals surface area (Å²) >= 11 is 0. The van der Waals surface area contributed by atoms with Crippen molar-refractivity contribution in [2.75, 3.05) is 24.5 Å². The fraction of sp³-hybridized carbons (Fsp3) is 0.450. The molecule has 2 saturated heterocycles. The van der Waals surface area contributed by atoms with Gasteiger partial charge in [0, 0.05) is 31.7 Å². The van der Waals surface area contributed by atoms with Gasteiger partial charge in [-0.2, -0.15) is 5.10 Å². The van der Waals surface area contributed by atoms with Crippen LogP contribution in [0.3, 0.4) is 0 Å². The van der Waals surface area contributed by atoms with Gasteiger partial charge < -0.3 is 9.80 Å². The van der Waals surface area contributed by atoms with E-state index in [1.807, 2.05) is 22.1 Å². The molecular weight excluding hydrogens is 373 g/mol. The van der Waals surface area contributed by atoms with E-state index < -0.39 is 5.82 Å². The zero-order chi connectivity index (χ0) is 19.8. The van der Waals surface area contributed by atoms with Gasteiger partial charge in [0.1, 0.15) is 6.33 Å². The van der Waals surface area contributed by atoms with E-state index in [9.17, 15) is 9.18 Å². The molecular formula is C20H22FN7O. The summed E-state index contributed by atoms with van der Waals surface area (Å²) in [5, 5.41) is 4.17. The zero-order valence-corrected chi connectivity index (χ0v) is 16.0. The number of piperazine rings is 1. The Morgan fingerprint density at radius 3 is 2.90 bits per heavy atom. The summed E-state index contributed by atoms with van der Waals surface area (Å²) in [5.41, 5.74) is 2.05. The van der Waals surface area contributed by atoms with Crippen LogP contribution in [0.1, 0.15) is 24.8 Å². The lowest BCUT2D eigenvalue weighted by molar-refractivity contribution is -0.132. The topological polar surface area (TPSA) is 79.5 Å². The quantitative estimate of drug-likeness (QED) is 0.655. The van der Waals surface area contributed by atoms with E-state index in [2.05, 4.69) is 26.1 Å². The maximum Gasteiger partial charge on any atom is 0.226 e. The molecule has 2 fully saturated rings. The molecule has 1 amide bonds. The third-order valence-corrected chi connectivity index (χ3v) is 5.94. The Hall–Kier alpha value is -3.10. The van der Waals surface area contributed by atoms with Crippen LogP contribution in [0.25, 0.3) is 5.65 Å². The van der Waals surface area contributed by atoms with E-state index in [4.69, 9.17) is 0 Å². The largest absolute Gasteiger partial charge is 0.337 e. The van der Waals surface area contributed by atoms with Crippen molar-refractivity contribution in [1.82, 2.24) is 29.5 Å². The number of aryl methyl sites for hydroxylation is 1. The third kappa shape index (κ3) is 3.41. The maximum atomic E-state index is 13.1. The predicted octanol–water partition coefficient (Wildman–Crippen LogP) is 1.72. The summed E-state index contributed by atoms with van der Waals surface area (Å²) < 4.78 is 14.9. The van der Waals surface area contributed by atoms with Crippen LogP contribution in [0.4, 0.5) is 10.3 Å². The first kappa shape index (κ1) is 18.0. The molecule has 3 aromatic heterocycles. The van der Waals surface area contributed by atoms with E-state index >= 15 is 0 Å². The molecule has 8 nitrogen and oxygen atoms in total. The molecule has 0 saturated carbocycles. The van der Waals surface area contributed by atoms with Gasteiger partial charge in [-0.3, -0.25) is 4.79 Å². The Morgan fingerprint density at radius 1 is 1.17 bits per heavy atom. The van der Waals surface area contributed by atoms with E-state index in [1.165, 1.54) is 12.4 Å². The van der Waals surface area contributed by atoms with Gasteiger partial charge in [0.2, 0.25) is 11.9 Å². The van der Waals surface area contributed by atoms with Crippen LogP contribution in [0.15, 0.2) is 37.1 Å². The standard InChI is InChI=1S/C20H22FN7O/c21-16-10-22-20(23-11-16)26-7-8-27-17(12-26)9-15(19(27)29)4-1-3-14-5-2-6-28-18(14)24-13-25-28/h2,5-6,10-11,13,15,17H,1,3-4,7-9,12H2/t15-,17-/m0/s1. The summed E-state index contributed by atoms with van der Waals surface area (Å²) in [5.74, 6) is 0.413. The highest BCUT2D eigenvalue weighted by Gasteiger charge is 2.42. The molecule has 0 N–H and O–H groups in total. The first-order valence-corrected chi connectivity index (χ1v) is 9.99. The highest BCUT2D eigenvalue weighted by Crippen LogP contribution is 2.32. The lowest BCUT2D eigenvalue weighted by Crippen LogP contribution is -2.52. The van der Waals surface area contributed by atoms with Crippen LogP contribution in [-0.2, 0) is 11.2 Å². The van der Waals surface area contributed by atoms with Gasteiger partial charge in [-0.1, -0.05) is 6.07 Å². The Morgan fingerprint density at radius 2 is 2.03 bits per heavy atom. The van der Waals surface area contributed by atoms with E-state index in [1.54, 1.807) is 10.8 Å². The number of amides is 1. The molecule has 0 aromatic carbocycles. The highest BCUT2D eigenvalue weighted by atomic mass is 19.1. The Labute approximate surface area is 167 Å².